The van der Waals surface area contributed by atoms with Crippen LogP contribution in [0.3, 0.4) is 0 Å². The van der Waals surface area contributed by atoms with Gasteiger partial charge < -0.3 is 10.6 Å². The van der Waals surface area contributed by atoms with E-state index in [4.69, 9.17) is 5.73 Å². The second-order valence-electron chi connectivity index (χ2n) is 4.27. The van der Waals surface area contributed by atoms with Crippen molar-refractivity contribution in [3.05, 3.63) is 18.2 Å². The summed E-state index contributed by atoms with van der Waals surface area (Å²) in [6.45, 7) is 4.58. The molecule has 0 spiro atoms. The molecule has 1 aliphatic heterocycles. The normalized spacial score (nSPS) is 14.9. The molecule has 0 aliphatic carbocycles. The minimum absolute atomic E-state index is 0.877. The Hall–Kier alpha value is -0.830. The second-order valence-corrected chi connectivity index (χ2v) is 5.41. The zero-order valence-corrected chi connectivity index (χ0v) is 10.7. The third-order valence-corrected chi connectivity index (χ3v) is 4.02. The van der Waals surface area contributed by atoms with Crippen molar-refractivity contribution in [2.45, 2.75) is 31.1 Å². The summed E-state index contributed by atoms with van der Waals surface area (Å²) in [6.07, 6.45) is 3.89. The zero-order chi connectivity index (χ0) is 11.4. The Kier molecular flexibility index (Phi) is 3.99. The topological polar surface area (TPSA) is 29.3 Å². The average molecular weight is 236 g/mol. The molecular weight excluding hydrogens is 216 g/mol. The Labute approximate surface area is 102 Å². The Balaban J connectivity index is 2.09. The number of hydrogen-bond donors (Lipinski definition) is 1. The maximum absolute atomic E-state index is 5.86. The van der Waals surface area contributed by atoms with Crippen LogP contribution in [-0.4, -0.2) is 18.8 Å². The number of rotatable bonds is 4. The van der Waals surface area contributed by atoms with Gasteiger partial charge in [0, 0.05) is 29.4 Å². The van der Waals surface area contributed by atoms with Crippen LogP contribution in [0, 0.1) is 0 Å². The van der Waals surface area contributed by atoms with Crippen LogP contribution in [0.25, 0.3) is 0 Å². The predicted octanol–water partition coefficient (Wildman–Crippen LogP) is 3.37. The molecule has 0 saturated carbocycles. The lowest BCUT2D eigenvalue weighted by molar-refractivity contribution is 0.681. The molecule has 1 heterocycles. The zero-order valence-electron chi connectivity index (χ0n) is 9.91. The van der Waals surface area contributed by atoms with Crippen LogP contribution in [0.1, 0.15) is 26.2 Å². The summed E-state index contributed by atoms with van der Waals surface area (Å²) in [5, 5.41) is 0. The summed E-state index contributed by atoms with van der Waals surface area (Å²) in [4.78, 5) is 3.87. The molecule has 1 aliphatic rings. The van der Waals surface area contributed by atoms with Crippen LogP contribution in [0.5, 0.6) is 0 Å². The summed E-state index contributed by atoms with van der Waals surface area (Å²) in [5.41, 5.74) is 8.08. The van der Waals surface area contributed by atoms with E-state index in [9.17, 15) is 0 Å². The van der Waals surface area contributed by atoms with Crippen molar-refractivity contribution < 1.29 is 0 Å². The molecule has 0 unspecified atom stereocenters. The first-order valence-corrected chi connectivity index (χ1v) is 7.07. The fraction of sp³-hybridized carbons (Fsp3) is 0.538. The summed E-state index contributed by atoms with van der Waals surface area (Å²) in [7, 11) is 0. The largest absolute Gasteiger partial charge is 0.399 e. The first-order valence-electron chi connectivity index (χ1n) is 6.08. The fourth-order valence-corrected chi connectivity index (χ4v) is 3.11. The molecule has 0 radical (unpaired) electrons. The van der Waals surface area contributed by atoms with E-state index in [1.807, 2.05) is 17.8 Å². The minimum Gasteiger partial charge on any atom is -0.399 e. The van der Waals surface area contributed by atoms with Crippen molar-refractivity contribution in [1.29, 1.82) is 0 Å². The van der Waals surface area contributed by atoms with Gasteiger partial charge in [-0.1, -0.05) is 19.8 Å². The van der Waals surface area contributed by atoms with Gasteiger partial charge in [-0.25, -0.2) is 0 Å². The van der Waals surface area contributed by atoms with E-state index in [1.54, 1.807) is 0 Å². The van der Waals surface area contributed by atoms with Gasteiger partial charge >= 0.3 is 0 Å². The highest BCUT2D eigenvalue weighted by atomic mass is 32.2. The van der Waals surface area contributed by atoms with E-state index in [1.165, 1.54) is 42.1 Å². The van der Waals surface area contributed by atoms with Crippen molar-refractivity contribution >= 4 is 23.1 Å². The van der Waals surface area contributed by atoms with Crippen molar-refractivity contribution in [2.24, 2.45) is 0 Å². The molecule has 3 heteroatoms. The third-order valence-electron chi connectivity index (χ3n) is 2.97. The van der Waals surface area contributed by atoms with E-state index in [2.05, 4.69) is 24.0 Å². The van der Waals surface area contributed by atoms with Crippen molar-refractivity contribution in [1.82, 2.24) is 0 Å². The standard InChI is InChI=1S/C13H20N2S/c1-2-3-4-7-15-8-9-16-13-6-5-11(14)10-12(13)15/h5-6,10H,2-4,7-9,14H2,1H3. The molecule has 2 rings (SSSR count). The monoisotopic (exact) mass is 236 g/mol. The molecule has 2 N–H and O–H groups in total. The quantitative estimate of drug-likeness (QED) is 0.642. The number of nitrogens with two attached hydrogens (primary N) is 1. The number of nitrogens with zero attached hydrogens (tertiary/aromatic N) is 1. The summed E-state index contributed by atoms with van der Waals surface area (Å²) < 4.78 is 0. The van der Waals surface area contributed by atoms with Gasteiger partial charge in [-0.05, 0) is 24.6 Å². The fourth-order valence-electron chi connectivity index (χ4n) is 2.07. The molecule has 16 heavy (non-hydrogen) atoms. The molecule has 0 saturated heterocycles. The number of thioether (sulfide) groups is 1. The molecular formula is C13H20N2S. The molecule has 0 aromatic heterocycles. The van der Waals surface area contributed by atoms with E-state index < -0.39 is 0 Å². The molecule has 0 bridgehead atoms. The van der Waals surface area contributed by atoms with E-state index in [0.717, 1.165) is 12.2 Å². The average Bonchev–Trinajstić information content (AvgIpc) is 2.30. The first-order chi connectivity index (χ1) is 7.81. The van der Waals surface area contributed by atoms with Crippen molar-refractivity contribution in [3.8, 4) is 0 Å². The van der Waals surface area contributed by atoms with Gasteiger partial charge in [0.25, 0.3) is 0 Å². The highest BCUT2D eigenvalue weighted by Gasteiger charge is 2.16. The van der Waals surface area contributed by atoms with Gasteiger partial charge in [0.1, 0.15) is 0 Å². The predicted molar refractivity (Wildman–Crippen MR) is 73.3 cm³/mol. The van der Waals surface area contributed by atoms with Gasteiger partial charge in [-0.3, -0.25) is 0 Å². The molecule has 1 aromatic rings. The van der Waals surface area contributed by atoms with Crippen LogP contribution >= 0.6 is 11.8 Å². The minimum atomic E-state index is 0.877. The second kappa shape index (κ2) is 5.48. The molecule has 0 fully saturated rings. The summed E-state index contributed by atoms with van der Waals surface area (Å²) >= 11 is 1.94. The van der Waals surface area contributed by atoms with Crippen LogP contribution in [0.4, 0.5) is 11.4 Å². The van der Waals surface area contributed by atoms with Crippen molar-refractivity contribution in [2.75, 3.05) is 29.5 Å². The van der Waals surface area contributed by atoms with Crippen molar-refractivity contribution in [3.63, 3.8) is 0 Å². The smallest absolute Gasteiger partial charge is 0.0525 e. The van der Waals surface area contributed by atoms with E-state index >= 15 is 0 Å². The lowest BCUT2D eigenvalue weighted by Gasteiger charge is -2.31. The summed E-state index contributed by atoms with van der Waals surface area (Å²) in [5.74, 6) is 1.20. The number of anilines is 2. The molecule has 0 atom stereocenters. The number of benzene rings is 1. The Morgan fingerprint density at radius 2 is 2.25 bits per heavy atom. The first kappa shape index (κ1) is 11.6. The van der Waals surface area contributed by atoms with Gasteiger partial charge in [-0.15, -0.1) is 11.8 Å². The van der Waals surface area contributed by atoms with E-state index in [0.29, 0.717) is 0 Å². The Morgan fingerprint density at radius 1 is 1.38 bits per heavy atom. The molecule has 0 amide bonds. The SMILES string of the molecule is CCCCCN1CCSc2ccc(N)cc21. The Bertz CT molecular complexity index is 352. The van der Waals surface area contributed by atoms with Gasteiger partial charge in [-0.2, -0.15) is 0 Å². The van der Waals surface area contributed by atoms with E-state index in [-0.39, 0.29) is 0 Å². The maximum atomic E-state index is 5.86. The van der Waals surface area contributed by atoms with Crippen LogP contribution in [-0.2, 0) is 0 Å². The number of unbranched alkanes of at least 4 members (excludes halogenated alkanes) is 2. The Morgan fingerprint density at radius 3 is 3.06 bits per heavy atom. The van der Waals surface area contributed by atoms with Gasteiger partial charge in [0.2, 0.25) is 0 Å². The highest BCUT2D eigenvalue weighted by molar-refractivity contribution is 7.99. The molecule has 1 aromatic carbocycles. The van der Waals surface area contributed by atoms with Gasteiger partial charge in [0.05, 0.1) is 5.69 Å². The maximum Gasteiger partial charge on any atom is 0.0525 e. The van der Waals surface area contributed by atoms with Gasteiger partial charge in [0.15, 0.2) is 0 Å². The molecule has 88 valence electrons. The lowest BCUT2D eigenvalue weighted by atomic mass is 10.2. The number of nitrogen functional groups attached to an aromatic ring is 1. The summed E-state index contributed by atoms with van der Waals surface area (Å²) in [6, 6.07) is 6.27. The van der Waals surface area contributed by atoms with Crippen LogP contribution in [0.2, 0.25) is 0 Å². The van der Waals surface area contributed by atoms with Crippen LogP contribution < -0.4 is 10.6 Å². The number of fused-ring (bicyclic) bond motifs is 1. The molecule has 2 nitrogen and oxygen atoms in total. The lowest BCUT2D eigenvalue weighted by Crippen LogP contribution is -2.30. The highest BCUT2D eigenvalue weighted by Crippen LogP contribution is 2.36. The third kappa shape index (κ3) is 2.64. The number of hydrogen-bond acceptors (Lipinski definition) is 3. The van der Waals surface area contributed by atoms with Crippen LogP contribution in [0.15, 0.2) is 23.1 Å².